The number of Topliss-reactive ketones (excluding diaryl/α,β-unsaturated/α-hetero) is 1. The maximum atomic E-state index is 13.3. The number of amides is 2. The monoisotopic (exact) mass is 478 g/mol. The Morgan fingerprint density at radius 1 is 1.20 bits per heavy atom. The highest BCUT2D eigenvalue weighted by Gasteiger charge is 2.36. The van der Waals surface area contributed by atoms with Gasteiger partial charge in [-0.25, -0.2) is 0 Å². The van der Waals surface area contributed by atoms with Gasteiger partial charge in [0.1, 0.15) is 11.7 Å². The zero-order chi connectivity index (χ0) is 25.3. The van der Waals surface area contributed by atoms with Crippen molar-refractivity contribution in [2.75, 3.05) is 19.4 Å². The predicted molar refractivity (Wildman–Crippen MR) is 138 cm³/mol. The van der Waals surface area contributed by atoms with Crippen LogP contribution in [0.4, 0.5) is 5.69 Å². The van der Waals surface area contributed by atoms with E-state index < -0.39 is 6.04 Å². The molecule has 1 unspecified atom stereocenters. The van der Waals surface area contributed by atoms with Gasteiger partial charge in [-0.05, 0) is 74.9 Å². The molecule has 3 N–H and O–H groups in total. The van der Waals surface area contributed by atoms with E-state index in [9.17, 15) is 14.4 Å². The van der Waals surface area contributed by atoms with Gasteiger partial charge in [0, 0.05) is 29.9 Å². The van der Waals surface area contributed by atoms with Crippen molar-refractivity contribution < 1.29 is 14.4 Å². The highest BCUT2D eigenvalue weighted by molar-refractivity contribution is 6.06. The first-order valence-corrected chi connectivity index (χ1v) is 12.6. The van der Waals surface area contributed by atoms with Gasteiger partial charge in [0.15, 0.2) is 5.78 Å². The van der Waals surface area contributed by atoms with Crippen molar-refractivity contribution in [3.8, 4) is 0 Å². The number of carbonyl (C=O) groups is 3. The van der Waals surface area contributed by atoms with Crippen LogP contribution < -0.4 is 10.6 Å². The van der Waals surface area contributed by atoms with Crippen molar-refractivity contribution in [1.82, 2.24) is 15.2 Å². The second-order valence-corrected chi connectivity index (χ2v) is 11.4. The molecule has 7 nitrogen and oxygen atoms in total. The van der Waals surface area contributed by atoms with Crippen LogP contribution in [-0.4, -0.2) is 47.6 Å². The van der Waals surface area contributed by atoms with E-state index in [1.165, 1.54) is 12.8 Å². The molecule has 2 aliphatic rings. The van der Waals surface area contributed by atoms with Gasteiger partial charge < -0.3 is 20.5 Å². The van der Waals surface area contributed by atoms with Gasteiger partial charge in [-0.1, -0.05) is 38.8 Å². The lowest BCUT2D eigenvalue weighted by Gasteiger charge is -2.28. The molecule has 1 fully saturated rings. The van der Waals surface area contributed by atoms with E-state index in [2.05, 4.69) is 34.4 Å². The number of aromatic nitrogens is 1. The van der Waals surface area contributed by atoms with Crippen LogP contribution in [0.25, 0.3) is 0 Å². The molecule has 2 amide bonds. The van der Waals surface area contributed by atoms with E-state index in [0.717, 1.165) is 36.3 Å². The Labute approximate surface area is 208 Å². The summed E-state index contributed by atoms with van der Waals surface area (Å²) < 4.78 is 0. The van der Waals surface area contributed by atoms with Crippen LogP contribution in [0.2, 0.25) is 0 Å². The molecule has 1 heterocycles. The second-order valence-electron chi connectivity index (χ2n) is 11.4. The number of H-pyrrole nitrogens is 1. The van der Waals surface area contributed by atoms with Crippen molar-refractivity contribution in [3.63, 3.8) is 0 Å². The highest BCUT2D eigenvalue weighted by Crippen LogP contribution is 2.37. The fraction of sp³-hybridized carbons (Fsp3) is 0.536. The summed E-state index contributed by atoms with van der Waals surface area (Å²) in [4.78, 5) is 44.6. The standard InChI is InChI=1S/C28H38N4O3/c1-17-24-22(14-28(2,3)15-23(24)33)30-25(17)27(35)31-21(12-11-18-9-10-18)26(34)29-20-8-6-7-19(13-20)16-32(4)5/h6-8,13,18,21,30H,9-12,14-16H2,1-5H3,(H,29,34)(H,31,35). The zero-order valence-corrected chi connectivity index (χ0v) is 21.6. The Hall–Kier alpha value is -2.93. The molecule has 0 radical (unpaired) electrons. The molecule has 2 aliphatic carbocycles. The molecule has 0 spiro atoms. The first kappa shape index (κ1) is 25.2. The molecule has 1 aromatic heterocycles. The third-order valence-electron chi connectivity index (χ3n) is 7.00. The van der Waals surface area contributed by atoms with Gasteiger partial charge in [0.2, 0.25) is 5.91 Å². The number of anilines is 1. The Bertz CT molecular complexity index is 1130. The van der Waals surface area contributed by atoms with Gasteiger partial charge in [-0.3, -0.25) is 14.4 Å². The minimum Gasteiger partial charge on any atom is -0.354 e. The molecule has 0 saturated heterocycles. The Morgan fingerprint density at radius 2 is 1.94 bits per heavy atom. The van der Waals surface area contributed by atoms with Crippen LogP contribution in [0.5, 0.6) is 0 Å². The number of nitrogens with zero attached hydrogens (tertiary/aromatic N) is 1. The largest absolute Gasteiger partial charge is 0.354 e. The summed E-state index contributed by atoms with van der Waals surface area (Å²) in [6.07, 6.45) is 5.07. The van der Waals surface area contributed by atoms with Crippen molar-refractivity contribution in [1.29, 1.82) is 0 Å². The fourth-order valence-electron chi connectivity index (χ4n) is 5.11. The third kappa shape index (κ3) is 6.20. The van der Waals surface area contributed by atoms with E-state index in [4.69, 9.17) is 0 Å². The zero-order valence-electron chi connectivity index (χ0n) is 21.6. The molecule has 188 valence electrons. The lowest BCUT2D eigenvalue weighted by molar-refractivity contribution is -0.118. The Morgan fingerprint density at radius 3 is 2.63 bits per heavy atom. The topological polar surface area (TPSA) is 94.3 Å². The van der Waals surface area contributed by atoms with E-state index in [-0.39, 0.29) is 23.0 Å². The number of rotatable bonds is 9. The van der Waals surface area contributed by atoms with Gasteiger partial charge in [0.25, 0.3) is 5.91 Å². The molecule has 7 heteroatoms. The molecule has 35 heavy (non-hydrogen) atoms. The number of nitrogens with one attached hydrogen (secondary N) is 3. The summed E-state index contributed by atoms with van der Waals surface area (Å²) in [6, 6.07) is 7.15. The summed E-state index contributed by atoms with van der Waals surface area (Å²) in [5, 5.41) is 5.97. The molecule has 0 aliphatic heterocycles. The van der Waals surface area contributed by atoms with Gasteiger partial charge in [-0.15, -0.1) is 0 Å². The normalized spacial score (nSPS) is 17.7. The quantitative estimate of drug-likeness (QED) is 0.496. The average Bonchev–Trinajstić information content (AvgIpc) is 3.51. The number of hydrogen-bond acceptors (Lipinski definition) is 4. The molecule has 1 aromatic carbocycles. The van der Waals surface area contributed by atoms with Crippen molar-refractivity contribution in [3.05, 3.63) is 52.3 Å². The van der Waals surface area contributed by atoms with Crippen LogP contribution in [0.3, 0.4) is 0 Å². The van der Waals surface area contributed by atoms with E-state index in [1.807, 2.05) is 45.3 Å². The van der Waals surface area contributed by atoms with Gasteiger partial charge in [0.05, 0.1) is 0 Å². The van der Waals surface area contributed by atoms with Crippen molar-refractivity contribution in [2.24, 2.45) is 11.3 Å². The number of fused-ring (bicyclic) bond motifs is 1. The highest BCUT2D eigenvalue weighted by atomic mass is 16.2. The number of aromatic amines is 1. The maximum absolute atomic E-state index is 13.3. The van der Waals surface area contributed by atoms with Crippen molar-refractivity contribution >= 4 is 23.3 Å². The number of hydrogen-bond donors (Lipinski definition) is 3. The molecule has 4 rings (SSSR count). The first-order chi connectivity index (χ1) is 16.5. The lowest BCUT2D eigenvalue weighted by Crippen LogP contribution is -2.44. The molecule has 0 bridgehead atoms. The first-order valence-electron chi connectivity index (χ1n) is 12.6. The summed E-state index contributed by atoms with van der Waals surface area (Å²) in [5.74, 6) is 0.168. The number of benzene rings is 1. The van der Waals surface area contributed by atoms with Crippen molar-refractivity contribution in [2.45, 2.75) is 71.9 Å². The fourth-order valence-corrected chi connectivity index (χ4v) is 5.11. The lowest BCUT2D eigenvalue weighted by atomic mass is 9.75. The predicted octanol–water partition coefficient (Wildman–Crippen LogP) is 4.47. The van der Waals surface area contributed by atoms with Gasteiger partial charge >= 0.3 is 0 Å². The maximum Gasteiger partial charge on any atom is 0.268 e. The minimum absolute atomic E-state index is 0.0738. The minimum atomic E-state index is -0.646. The Balaban J connectivity index is 1.50. The van der Waals surface area contributed by atoms with E-state index >= 15 is 0 Å². The third-order valence-corrected chi connectivity index (χ3v) is 7.00. The summed E-state index contributed by atoms with van der Waals surface area (Å²) in [6.45, 7) is 6.72. The smallest absolute Gasteiger partial charge is 0.268 e. The van der Waals surface area contributed by atoms with Gasteiger partial charge in [-0.2, -0.15) is 0 Å². The molecule has 1 saturated carbocycles. The molecule has 2 aromatic rings. The number of carbonyl (C=O) groups excluding carboxylic acids is 3. The van der Waals surface area contributed by atoms with Crippen LogP contribution in [0.1, 0.15) is 83.6 Å². The van der Waals surface area contributed by atoms with E-state index in [1.54, 1.807) is 0 Å². The summed E-state index contributed by atoms with van der Waals surface area (Å²) in [5.41, 5.74) is 4.22. The Kier molecular flexibility index (Phi) is 7.17. The molecule has 1 atom stereocenters. The average molecular weight is 479 g/mol. The van der Waals surface area contributed by atoms with Crippen LogP contribution >= 0.6 is 0 Å². The SMILES string of the molecule is Cc1c(C(=O)NC(CCC2CC2)C(=O)Nc2cccc(CN(C)C)c2)[nH]c2c1C(=O)CC(C)(C)C2. The van der Waals surface area contributed by atoms with Crippen LogP contribution in [0.15, 0.2) is 24.3 Å². The van der Waals surface area contributed by atoms with E-state index in [0.29, 0.717) is 35.6 Å². The second kappa shape index (κ2) is 9.97. The van der Waals surface area contributed by atoms with Crippen LogP contribution in [-0.2, 0) is 17.8 Å². The summed E-state index contributed by atoms with van der Waals surface area (Å²) >= 11 is 0. The van der Waals surface area contributed by atoms with Crippen LogP contribution in [0, 0.1) is 18.3 Å². The molecular weight excluding hydrogens is 440 g/mol. The number of ketones is 1. The molecular formula is C28H38N4O3. The summed E-state index contributed by atoms with van der Waals surface area (Å²) in [7, 11) is 4.01.